The molecule has 18 heavy (non-hydrogen) atoms. The molecule has 3 aromatic heterocycles. The monoisotopic (exact) mass is 239 g/mol. The Morgan fingerprint density at radius 2 is 2.06 bits per heavy atom. The van der Waals surface area contributed by atoms with Crippen molar-refractivity contribution in [1.82, 2.24) is 19.6 Å². The van der Waals surface area contributed by atoms with Crippen LogP contribution in [0.5, 0.6) is 0 Å². The van der Waals surface area contributed by atoms with Gasteiger partial charge in [-0.3, -0.25) is 4.98 Å². The number of fused-ring (bicyclic) bond motifs is 1. The summed E-state index contributed by atoms with van der Waals surface area (Å²) in [4.78, 5) is 8.71. The molecule has 0 bridgehead atoms. The highest BCUT2D eigenvalue weighted by Gasteiger charge is 2.09. The Bertz CT molecular complexity index is 687. The first-order valence-corrected chi connectivity index (χ1v) is 5.76. The predicted molar refractivity (Wildman–Crippen MR) is 68.8 cm³/mol. The third-order valence-electron chi connectivity index (χ3n) is 2.89. The third kappa shape index (κ3) is 1.65. The minimum Gasteiger partial charge on any atom is -0.325 e. The summed E-state index contributed by atoms with van der Waals surface area (Å²) in [6.45, 7) is 2.36. The molecule has 90 valence electrons. The molecule has 0 aromatic carbocycles. The van der Waals surface area contributed by atoms with Gasteiger partial charge < -0.3 is 5.73 Å². The highest BCUT2D eigenvalue weighted by atomic mass is 15.3. The fraction of sp³-hybridized carbons (Fsp3) is 0.154. The molecule has 0 atom stereocenters. The van der Waals surface area contributed by atoms with E-state index in [2.05, 4.69) is 15.1 Å². The van der Waals surface area contributed by atoms with Crippen LogP contribution in [0.25, 0.3) is 17.0 Å². The average molecular weight is 239 g/mol. The van der Waals surface area contributed by atoms with Crippen molar-refractivity contribution in [3.05, 3.63) is 47.9 Å². The fourth-order valence-electron chi connectivity index (χ4n) is 1.97. The molecule has 0 saturated carbocycles. The molecular formula is C13H13N5. The summed E-state index contributed by atoms with van der Waals surface area (Å²) in [7, 11) is 0. The second-order valence-electron chi connectivity index (χ2n) is 4.05. The molecule has 0 amide bonds. The minimum absolute atomic E-state index is 0.422. The Hall–Kier alpha value is -2.27. The lowest BCUT2D eigenvalue weighted by molar-refractivity contribution is 0.841. The average Bonchev–Trinajstić information content (AvgIpc) is 2.74. The summed E-state index contributed by atoms with van der Waals surface area (Å²) in [6, 6.07) is 9.61. The zero-order valence-corrected chi connectivity index (χ0v) is 10.0. The second kappa shape index (κ2) is 4.19. The van der Waals surface area contributed by atoms with E-state index in [1.807, 2.05) is 37.3 Å². The summed E-state index contributed by atoms with van der Waals surface area (Å²) >= 11 is 0. The number of nitrogens with two attached hydrogens (primary N) is 1. The molecule has 2 N–H and O–H groups in total. The number of hydrogen-bond donors (Lipinski definition) is 1. The van der Waals surface area contributed by atoms with Crippen LogP contribution in [0.4, 0.5) is 0 Å². The van der Waals surface area contributed by atoms with Crippen LogP contribution < -0.4 is 5.73 Å². The molecule has 0 aliphatic carbocycles. The summed E-state index contributed by atoms with van der Waals surface area (Å²) < 4.78 is 1.79. The zero-order valence-electron chi connectivity index (χ0n) is 10.0. The molecule has 0 aliphatic rings. The SMILES string of the molecule is Cc1nc2ccc(-c3ccccn3)nn2c1CN. The fourth-order valence-corrected chi connectivity index (χ4v) is 1.97. The molecule has 5 nitrogen and oxygen atoms in total. The van der Waals surface area contributed by atoms with Crippen molar-refractivity contribution in [3.63, 3.8) is 0 Å². The van der Waals surface area contributed by atoms with Crippen molar-refractivity contribution in [1.29, 1.82) is 0 Å². The molecule has 0 saturated heterocycles. The normalized spacial score (nSPS) is 11.0. The smallest absolute Gasteiger partial charge is 0.154 e. The zero-order chi connectivity index (χ0) is 12.5. The Labute approximate surface area is 104 Å². The van der Waals surface area contributed by atoms with Gasteiger partial charge in [0.2, 0.25) is 0 Å². The molecule has 3 aromatic rings. The quantitative estimate of drug-likeness (QED) is 0.736. The first-order valence-electron chi connectivity index (χ1n) is 5.76. The van der Waals surface area contributed by atoms with Crippen molar-refractivity contribution >= 4 is 5.65 Å². The predicted octanol–water partition coefficient (Wildman–Crippen LogP) is 1.56. The second-order valence-corrected chi connectivity index (χ2v) is 4.05. The van der Waals surface area contributed by atoms with E-state index >= 15 is 0 Å². The van der Waals surface area contributed by atoms with Crippen LogP contribution >= 0.6 is 0 Å². The van der Waals surface area contributed by atoms with Gasteiger partial charge in [-0.25, -0.2) is 9.50 Å². The van der Waals surface area contributed by atoms with E-state index in [9.17, 15) is 0 Å². The number of hydrogen-bond acceptors (Lipinski definition) is 4. The molecule has 5 heteroatoms. The third-order valence-corrected chi connectivity index (χ3v) is 2.89. The maximum atomic E-state index is 5.73. The van der Waals surface area contributed by atoms with Crippen molar-refractivity contribution in [2.24, 2.45) is 5.73 Å². The van der Waals surface area contributed by atoms with Crippen molar-refractivity contribution < 1.29 is 0 Å². The molecule has 0 fully saturated rings. The Balaban J connectivity index is 2.22. The topological polar surface area (TPSA) is 69.1 Å². The Morgan fingerprint density at radius 1 is 1.17 bits per heavy atom. The first-order chi connectivity index (χ1) is 8.79. The standard InChI is InChI=1S/C13H13N5/c1-9-12(8-14)18-13(16-9)6-5-11(17-18)10-4-2-3-7-15-10/h2-7H,8,14H2,1H3. The van der Waals surface area contributed by atoms with Gasteiger partial charge in [0, 0.05) is 12.7 Å². The minimum atomic E-state index is 0.422. The largest absolute Gasteiger partial charge is 0.325 e. The maximum Gasteiger partial charge on any atom is 0.154 e. The van der Waals surface area contributed by atoms with E-state index in [-0.39, 0.29) is 0 Å². The van der Waals surface area contributed by atoms with Crippen LogP contribution in [0.3, 0.4) is 0 Å². The molecular weight excluding hydrogens is 226 g/mol. The summed E-state index contributed by atoms with van der Waals surface area (Å²) in [5, 5.41) is 4.55. The lowest BCUT2D eigenvalue weighted by Crippen LogP contribution is -2.05. The lowest BCUT2D eigenvalue weighted by atomic mass is 10.2. The van der Waals surface area contributed by atoms with Gasteiger partial charge in [-0.2, -0.15) is 5.10 Å². The van der Waals surface area contributed by atoms with Gasteiger partial charge in [-0.15, -0.1) is 0 Å². The summed E-state index contributed by atoms with van der Waals surface area (Å²) in [6.07, 6.45) is 1.75. The van der Waals surface area contributed by atoms with E-state index in [0.717, 1.165) is 28.4 Å². The summed E-state index contributed by atoms with van der Waals surface area (Å²) in [5.74, 6) is 0. The highest BCUT2D eigenvalue weighted by molar-refractivity contribution is 5.56. The van der Waals surface area contributed by atoms with Crippen LogP contribution in [0, 0.1) is 6.92 Å². The Morgan fingerprint density at radius 3 is 2.78 bits per heavy atom. The maximum absolute atomic E-state index is 5.73. The van der Waals surface area contributed by atoms with Crippen LogP contribution in [-0.2, 0) is 6.54 Å². The summed E-state index contributed by atoms with van der Waals surface area (Å²) in [5.41, 5.74) is 10.1. The first kappa shape index (κ1) is 10.9. The molecule has 0 unspecified atom stereocenters. The molecule has 3 heterocycles. The highest BCUT2D eigenvalue weighted by Crippen LogP contribution is 2.16. The number of nitrogens with zero attached hydrogens (tertiary/aromatic N) is 4. The van der Waals surface area contributed by atoms with E-state index in [1.165, 1.54) is 0 Å². The van der Waals surface area contributed by atoms with Crippen LogP contribution in [0.2, 0.25) is 0 Å². The number of imidazole rings is 1. The van der Waals surface area contributed by atoms with E-state index in [1.54, 1.807) is 10.7 Å². The van der Waals surface area contributed by atoms with Crippen LogP contribution in [0.1, 0.15) is 11.4 Å². The molecule has 0 radical (unpaired) electrons. The number of aryl methyl sites for hydroxylation is 1. The van der Waals surface area contributed by atoms with E-state index in [0.29, 0.717) is 6.54 Å². The van der Waals surface area contributed by atoms with Gasteiger partial charge in [-0.05, 0) is 31.2 Å². The molecule has 0 aliphatic heterocycles. The van der Waals surface area contributed by atoms with Crippen molar-refractivity contribution in [2.45, 2.75) is 13.5 Å². The number of pyridine rings is 1. The van der Waals surface area contributed by atoms with E-state index < -0.39 is 0 Å². The van der Waals surface area contributed by atoms with E-state index in [4.69, 9.17) is 5.73 Å². The Kier molecular flexibility index (Phi) is 2.53. The van der Waals surface area contributed by atoms with Gasteiger partial charge in [0.1, 0.15) is 5.69 Å². The lowest BCUT2D eigenvalue weighted by Gasteiger charge is -2.02. The molecule has 0 spiro atoms. The van der Waals surface area contributed by atoms with Crippen LogP contribution in [-0.4, -0.2) is 19.6 Å². The number of aromatic nitrogens is 4. The molecule has 3 rings (SSSR count). The van der Waals surface area contributed by atoms with Gasteiger partial charge in [0.05, 0.1) is 17.1 Å². The number of rotatable bonds is 2. The van der Waals surface area contributed by atoms with Gasteiger partial charge in [0.25, 0.3) is 0 Å². The van der Waals surface area contributed by atoms with Gasteiger partial charge in [0.15, 0.2) is 5.65 Å². The van der Waals surface area contributed by atoms with Crippen molar-refractivity contribution in [2.75, 3.05) is 0 Å². The van der Waals surface area contributed by atoms with Gasteiger partial charge in [-0.1, -0.05) is 6.07 Å². The van der Waals surface area contributed by atoms with Crippen molar-refractivity contribution in [3.8, 4) is 11.4 Å². The van der Waals surface area contributed by atoms with Crippen LogP contribution in [0.15, 0.2) is 36.5 Å². The van der Waals surface area contributed by atoms with Gasteiger partial charge >= 0.3 is 0 Å².